The number of rotatable bonds is 2. The zero-order valence-electron chi connectivity index (χ0n) is 15.1. The molecule has 2 aliphatic carbocycles. The van der Waals surface area contributed by atoms with Crippen molar-refractivity contribution in [3.8, 4) is 0 Å². The molecule has 0 N–H and O–H groups in total. The fourth-order valence-corrected chi connectivity index (χ4v) is 4.47. The van der Waals surface area contributed by atoms with Gasteiger partial charge in [0.1, 0.15) is 12.2 Å². The largest absolute Gasteiger partial charge is 0.458 e. The predicted octanol–water partition coefficient (Wildman–Crippen LogP) is 2.76. The number of hydrogen-bond donors (Lipinski definition) is 0. The number of esters is 2. The first-order valence-electron chi connectivity index (χ1n) is 8.68. The summed E-state index contributed by atoms with van der Waals surface area (Å²) in [5.41, 5.74) is -0.169. The van der Waals surface area contributed by atoms with Crippen LogP contribution in [0.5, 0.6) is 0 Å². The van der Waals surface area contributed by atoms with Crippen molar-refractivity contribution in [3.63, 3.8) is 0 Å². The summed E-state index contributed by atoms with van der Waals surface area (Å²) in [5.74, 6) is -1.47. The van der Waals surface area contributed by atoms with Gasteiger partial charge in [-0.3, -0.25) is 4.79 Å². The fourth-order valence-electron chi connectivity index (χ4n) is 4.47. The fraction of sp³-hybridized carbons (Fsp3) is 0.550. The topological polar surface area (TPSA) is 69.7 Å². The van der Waals surface area contributed by atoms with Crippen molar-refractivity contribution in [2.45, 2.75) is 46.3 Å². The summed E-state index contributed by atoms with van der Waals surface area (Å²) in [4.78, 5) is 37.3. The molecule has 1 saturated carbocycles. The molecule has 0 aromatic rings. The van der Waals surface area contributed by atoms with Gasteiger partial charge in [0, 0.05) is 11.1 Å². The van der Waals surface area contributed by atoms with Crippen LogP contribution in [-0.2, 0) is 23.9 Å². The number of carbonyl (C=O) groups is 3. The van der Waals surface area contributed by atoms with Crippen molar-refractivity contribution in [2.24, 2.45) is 23.2 Å². The molecule has 0 radical (unpaired) electrons. The summed E-state index contributed by atoms with van der Waals surface area (Å²) < 4.78 is 11.3. The van der Waals surface area contributed by atoms with Gasteiger partial charge in [-0.05, 0) is 45.1 Å². The molecule has 1 aliphatic heterocycles. The molecular weight excluding hydrogens is 320 g/mol. The lowest BCUT2D eigenvalue weighted by atomic mass is 9.67. The van der Waals surface area contributed by atoms with Gasteiger partial charge in [0.15, 0.2) is 5.78 Å². The van der Waals surface area contributed by atoms with E-state index >= 15 is 0 Å². The Morgan fingerprint density at radius 2 is 2.12 bits per heavy atom. The highest BCUT2D eigenvalue weighted by Crippen LogP contribution is 2.54. The number of hydrogen-bond acceptors (Lipinski definition) is 5. The van der Waals surface area contributed by atoms with E-state index in [1.807, 2.05) is 19.9 Å². The van der Waals surface area contributed by atoms with Gasteiger partial charge in [-0.1, -0.05) is 25.7 Å². The van der Waals surface area contributed by atoms with Crippen LogP contribution in [0.15, 0.2) is 36.0 Å². The first kappa shape index (κ1) is 17.6. The van der Waals surface area contributed by atoms with Gasteiger partial charge in [-0.15, -0.1) is 0 Å². The maximum atomic E-state index is 12.8. The second kappa shape index (κ2) is 5.97. The highest BCUT2D eigenvalue weighted by atomic mass is 16.6. The molecule has 134 valence electrons. The van der Waals surface area contributed by atoms with Crippen molar-refractivity contribution in [1.82, 2.24) is 0 Å². The van der Waals surface area contributed by atoms with E-state index in [9.17, 15) is 14.4 Å². The quantitative estimate of drug-likeness (QED) is 0.569. The molecule has 0 amide bonds. The molecule has 0 aromatic carbocycles. The van der Waals surface area contributed by atoms with Crippen molar-refractivity contribution in [1.29, 1.82) is 0 Å². The van der Waals surface area contributed by atoms with E-state index in [1.165, 1.54) is 0 Å². The summed E-state index contributed by atoms with van der Waals surface area (Å²) >= 11 is 0. The summed E-state index contributed by atoms with van der Waals surface area (Å²) in [7, 11) is 0. The van der Waals surface area contributed by atoms with Crippen LogP contribution in [0.2, 0.25) is 0 Å². The smallest absolute Gasteiger partial charge is 0.334 e. The van der Waals surface area contributed by atoms with Gasteiger partial charge in [0.2, 0.25) is 0 Å². The Bertz CT molecular complexity index is 716. The zero-order chi connectivity index (χ0) is 18.5. The molecule has 0 unspecified atom stereocenters. The summed E-state index contributed by atoms with van der Waals surface area (Å²) in [6, 6.07) is 0. The van der Waals surface area contributed by atoms with E-state index < -0.39 is 35.5 Å². The van der Waals surface area contributed by atoms with E-state index in [0.29, 0.717) is 12.0 Å². The average molecular weight is 344 g/mol. The van der Waals surface area contributed by atoms with Crippen molar-refractivity contribution in [3.05, 3.63) is 36.0 Å². The van der Waals surface area contributed by atoms with Gasteiger partial charge in [-0.25, -0.2) is 9.59 Å². The molecule has 25 heavy (non-hydrogen) atoms. The highest BCUT2D eigenvalue weighted by molar-refractivity contribution is 5.99. The molecule has 1 saturated heterocycles. The van der Waals surface area contributed by atoms with Crippen LogP contribution in [0.1, 0.15) is 34.1 Å². The molecule has 0 aromatic heterocycles. The van der Waals surface area contributed by atoms with Crippen LogP contribution in [0.4, 0.5) is 0 Å². The second-order valence-corrected chi connectivity index (χ2v) is 7.54. The number of carbonyl (C=O) groups excluding carboxylic acids is 3. The van der Waals surface area contributed by atoms with E-state index in [4.69, 9.17) is 9.47 Å². The highest BCUT2D eigenvalue weighted by Gasteiger charge is 2.62. The molecule has 5 nitrogen and oxygen atoms in total. The molecule has 0 spiro atoms. The van der Waals surface area contributed by atoms with E-state index in [0.717, 1.165) is 0 Å². The Kier molecular flexibility index (Phi) is 4.21. The zero-order valence-corrected chi connectivity index (χ0v) is 15.1. The standard InChI is InChI=1S/C20H24O5/c1-6-10(2)18(22)25-17-16-12(4)19(23)24-14(16)9-11(3)13-7-8-15(21)20(13,17)5/h6-8,11,13-14,16-17H,4,9H2,1-3,5H3/b10-6+/t11-,13+,14-,16-,17+,20+/m1/s1. The second-order valence-electron chi connectivity index (χ2n) is 7.54. The average Bonchev–Trinajstić information content (AvgIpc) is 2.99. The molecule has 3 rings (SSSR count). The first-order chi connectivity index (χ1) is 11.7. The van der Waals surface area contributed by atoms with Crippen LogP contribution in [-0.4, -0.2) is 29.9 Å². The number of allylic oxidation sites excluding steroid dienone is 3. The summed E-state index contributed by atoms with van der Waals surface area (Å²) in [6.07, 6.45) is 4.56. The van der Waals surface area contributed by atoms with Crippen LogP contribution in [0.3, 0.4) is 0 Å². The minimum absolute atomic E-state index is 0.0687. The third-order valence-corrected chi connectivity index (χ3v) is 6.13. The minimum atomic E-state index is -0.917. The third-order valence-electron chi connectivity index (χ3n) is 6.13. The van der Waals surface area contributed by atoms with Gasteiger partial charge in [-0.2, -0.15) is 0 Å². The molecule has 5 heteroatoms. The lowest BCUT2D eigenvalue weighted by molar-refractivity contribution is -0.160. The van der Waals surface area contributed by atoms with E-state index in [-0.39, 0.29) is 23.2 Å². The molecule has 3 aliphatic rings. The van der Waals surface area contributed by atoms with Crippen LogP contribution in [0.25, 0.3) is 0 Å². The molecule has 2 fully saturated rings. The first-order valence-corrected chi connectivity index (χ1v) is 8.68. The van der Waals surface area contributed by atoms with Gasteiger partial charge >= 0.3 is 11.9 Å². The van der Waals surface area contributed by atoms with Crippen LogP contribution >= 0.6 is 0 Å². The normalized spacial score (nSPS) is 40.4. The predicted molar refractivity (Wildman–Crippen MR) is 91.3 cm³/mol. The Hall–Kier alpha value is -2.17. The third kappa shape index (κ3) is 2.48. The molecule has 0 bridgehead atoms. The van der Waals surface area contributed by atoms with E-state index in [1.54, 1.807) is 26.0 Å². The number of ether oxygens (including phenoxy) is 2. The summed E-state index contributed by atoms with van der Waals surface area (Å²) in [6.45, 7) is 11.2. The maximum Gasteiger partial charge on any atom is 0.334 e. The Balaban J connectivity index is 2.09. The van der Waals surface area contributed by atoms with Gasteiger partial charge in [0.25, 0.3) is 0 Å². The minimum Gasteiger partial charge on any atom is -0.458 e. The molecule has 6 atom stereocenters. The van der Waals surface area contributed by atoms with Crippen LogP contribution < -0.4 is 0 Å². The number of fused-ring (bicyclic) bond motifs is 2. The van der Waals surface area contributed by atoms with Crippen molar-refractivity contribution >= 4 is 17.7 Å². The van der Waals surface area contributed by atoms with Crippen LogP contribution in [0, 0.1) is 23.2 Å². The van der Waals surface area contributed by atoms with E-state index in [2.05, 4.69) is 6.58 Å². The molecule has 1 heterocycles. The molecular formula is C20H24O5. The Morgan fingerprint density at radius 3 is 2.76 bits per heavy atom. The van der Waals surface area contributed by atoms with Crippen molar-refractivity contribution < 1.29 is 23.9 Å². The SMILES string of the molecule is C=C1C(=O)O[C@@H]2C[C@@H](C)[C@@H]3C=CC(=O)[C@@]3(C)[C@@H](OC(=O)/C(C)=C/C)[C@H]12. The Labute approximate surface area is 147 Å². The van der Waals surface area contributed by atoms with Gasteiger partial charge < -0.3 is 9.47 Å². The van der Waals surface area contributed by atoms with Crippen molar-refractivity contribution in [2.75, 3.05) is 0 Å². The van der Waals surface area contributed by atoms with Gasteiger partial charge in [0.05, 0.1) is 11.3 Å². The number of ketones is 1. The summed E-state index contributed by atoms with van der Waals surface area (Å²) in [5, 5.41) is 0. The lowest BCUT2D eigenvalue weighted by Gasteiger charge is -2.39. The Morgan fingerprint density at radius 1 is 1.44 bits per heavy atom. The maximum absolute atomic E-state index is 12.8. The monoisotopic (exact) mass is 344 g/mol. The lowest BCUT2D eigenvalue weighted by Crippen LogP contribution is -2.49.